The van der Waals surface area contributed by atoms with E-state index in [1.54, 1.807) is 17.8 Å². The molecule has 0 aromatic rings. The molecule has 2 aliphatic rings. The van der Waals surface area contributed by atoms with Crippen LogP contribution in [-0.4, -0.2) is 42.1 Å². The SMILES string of the molecule is C=CCC1(C(=O)OCC)SCCCC12OCCO2. The number of rotatable bonds is 4. The maximum absolute atomic E-state index is 12.4. The lowest BCUT2D eigenvalue weighted by Crippen LogP contribution is -2.60. The van der Waals surface area contributed by atoms with Gasteiger partial charge in [0.1, 0.15) is 0 Å². The van der Waals surface area contributed by atoms with Crippen molar-refractivity contribution in [1.29, 1.82) is 0 Å². The molecule has 0 N–H and O–H groups in total. The predicted molar refractivity (Wildman–Crippen MR) is 70.5 cm³/mol. The van der Waals surface area contributed by atoms with Crippen LogP contribution in [0.3, 0.4) is 0 Å². The predicted octanol–water partition coefficient (Wildman–Crippen LogP) is 2.13. The summed E-state index contributed by atoms with van der Waals surface area (Å²) in [6.07, 6.45) is 3.99. The summed E-state index contributed by atoms with van der Waals surface area (Å²) in [7, 11) is 0. The molecule has 0 bridgehead atoms. The fraction of sp³-hybridized carbons (Fsp3) is 0.769. The molecule has 4 nitrogen and oxygen atoms in total. The molecule has 1 atom stereocenters. The number of hydrogen-bond donors (Lipinski definition) is 0. The summed E-state index contributed by atoms with van der Waals surface area (Å²) in [4.78, 5) is 12.4. The van der Waals surface area contributed by atoms with Crippen molar-refractivity contribution in [3.63, 3.8) is 0 Å². The lowest BCUT2D eigenvalue weighted by atomic mass is 9.89. The molecule has 2 fully saturated rings. The molecule has 2 rings (SSSR count). The minimum absolute atomic E-state index is 0.239. The third-order valence-corrected chi connectivity index (χ3v) is 5.03. The quantitative estimate of drug-likeness (QED) is 0.579. The fourth-order valence-electron chi connectivity index (χ4n) is 2.66. The molecule has 5 heteroatoms. The maximum Gasteiger partial charge on any atom is 0.328 e. The molecule has 102 valence electrons. The number of allylic oxidation sites excluding steroid dienone is 1. The second kappa shape index (κ2) is 5.63. The topological polar surface area (TPSA) is 44.8 Å². The Bertz CT molecular complexity index is 325. The maximum atomic E-state index is 12.4. The van der Waals surface area contributed by atoms with Crippen molar-refractivity contribution in [2.75, 3.05) is 25.6 Å². The lowest BCUT2D eigenvalue weighted by molar-refractivity contribution is -0.203. The molecular formula is C13H20O4S. The van der Waals surface area contributed by atoms with Gasteiger partial charge in [0.2, 0.25) is 0 Å². The van der Waals surface area contributed by atoms with E-state index in [0.29, 0.717) is 26.2 Å². The Balaban J connectivity index is 2.34. The van der Waals surface area contributed by atoms with E-state index in [0.717, 1.165) is 18.6 Å². The van der Waals surface area contributed by atoms with E-state index in [9.17, 15) is 4.79 Å². The summed E-state index contributed by atoms with van der Waals surface area (Å²) >= 11 is 1.58. The van der Waals surface area contributed by atoms with Crippen LogP contribution in [0.5, 0.6) is 0 Å². The fourth-order valence-corrected chi connectivity index (χ4v) is 4.15. The highest BCUT2D eigenvalue weighted by Crippen LogP contribution is 2.51. The monoisotopic (exact) mass is 272 g/mol. The summed E-state index contributed by atoms with van der Waals surface area (Å²) < 4.78 is 16.1. The van der Waals surface area contributed by atoms with Gasteiger partial charge in [0, 0.05) is 6.42 Å². The van der Waals surface area contributed by atoms with E-state index < -0.39 is 10.5 Å². The first-order valence-corrected chi connectivity index (χ1v) is 7.39. The zero-order valence-electron chi connectivity index (χ0n) is 10.8. The smallest absolute Gasteiger partial charge is 0.328 e. The first-order chi connectivity index (χ1) is 8.71. The zero-order valence-corrected chi connectivity index (χ0v) is 11.6. The highest BCUT2D eigenvalue weighted by Gasteiger charge is 2.62. The van der Waals surface area contributed by atoms with E-state index in [-0.39, 0.29) is 5.97 Å². The highest BCUT2D eigenvalue weighted by atomic mass is 32.2. The van der Waals surface area contributed by atoms with Crippen molar-refractivity contribution in [1.82, 2.24) is 0 Å². The van der Waals surface area contributed by atoms with Crippen molar-refractivity contribution in [2.24, 2.45) is 0 Å². The van der Waals surface area contributed by atoms with Crippen LogP contribution >= 0.6 is 11.8 Å². The van der Waals surface area contributed by atoms with Gasteiger partial charge in [0.05, 0.1) is 19.8 Å². The normalized spacial score (nSPS) is 30.3. The largest absolute Gasteiger partial charge is 0.465 e. The van der Waals surface area contributed by atoms with Gasteiger partial charge in [-0.3, -0.25) is 4.79 Å². The van der Waals surface area contributed by atoms with E-state index in [1.165, 1.54) is 0 Å². The number of hydrogen-bond acceptors (Lipinski definition) is 5. The summed E-state index contributed by atoms with van der Waals surface area (Å²) in [6, 6.07) is 0. The Morgan fingerprint density at radius 1 is 1.50 bits per heavy atom. The van der Waals surface area contributed by atoms with Gasteiger partial charge in [0.15, 0.2) is 10.5 Å². The molecule has 0 radical (unpaired) electrons. The van der Waals surface area contributed by atoms with Crippen LogP contribution in [0.4, 0.5) is 0 Å². The van der Waals surface area contributed by atoms with E-state index in [4.69, 9.17) is 14.2 Å². The third-order valence-electron chi connectivity index (χ3n) is 3.40. The minimum Gasteiger partial charge on any atom is -0.465 e. The molecule has 0 saturated carbocycles. The molecule has 2 saturated heterocycles. The number of thioether (sulfide) groups is 1. The number of esters is 1. The van der Waals surface area contributed by atoms with Crippen LogP contribution in [0.2, 0.25) is 0 Å². The number of carbonyl (C=O) groups excluding carboxylic acids is 1. The van der Waals surface area contributed by atoms with Crippen molar-refractivity contribution in [3.8, 4) is 0 Å². The van der Waals surface area contributed by atoms with Crippen molar-refractivity contribution in [3.05, 3.63) is 12.7 Å². The Morgan fingerprint density at radius 3 is 2.83 bits per heavy atom. The second-order valence-electron chi connectivity index (χ2n) is 4.44. The summed E-state index contributed by atoms with van der Waals surface area (Å²) in [6.45, 7) is 7.03. The molecular weight excluding hydrogens is 252 g/mol. The Hall–Kier alpha value is -0.520. The number of ether oxygens (including phenoxy) is 3. The molecule has 0 aromatic heterocycles. The van der Waals surface area contributed by atoms with Crippen molar-refractivity contribution >= 4 is 17.7 Å². The Morgan fingerprint density at radius 2 is 2.22 bits per heavy atom. The van der Waals surface area contributed by atoms with Gasteiger partial charge in [-0.25, -0.2) is 0 Å². The van der Waals surface area contributed by atoms with Gasteiger partial charge in [0.25, 0.3) is 0 Å². The molecule has 1 spiro atoms. The van der Waals surface area contributed by atoms with Crippen LogP contribution < -0.4 is 0 Å². The standard InChI is InChI=1S/C13H20O4S/c1-3-6-12(11(14)15-4-2)13(7-5-10-18-12)16-8-9-17-13/h3H,1,4-10H2,2H3. The Kier molecular flexibility index (Phi) is 4.35. The summed E-state index contributed by atoms with van der Waals surface area (Å²) in [5.74, 6) is -0.145. The van der Waals surface area contributed by atoms with Gasteiger partial charge in [-0.05, 0) is 25.5 Å². The lowest BCUT2D eigenvalue weighted by Gasteiger charge is -2.46. The van der Waals surface area contributed by atoms with Crippen molar-refractivity contribution < 1.29 is 19.0 Å². The van der Waals surface area contributed by atoms with Crippen LogP contribution in [-0.2, 0) is 19.0 Å². The average molecular weight is 272 g/mol. The molecule has 0 amide bonds. The van der Waals surface area contributed by atoms with Crippen LogP contribution in [0.15, 0.2) is 12.7 Å². The minimum atomic E-state index is -0.823. The molecule has 0 aliphatic carbocycles. The average Bonchev–Trinajstić information content (AvgIpc) is 2.83. The third kappa shape index (κ3) is 2.08. The first-order valence-electron chi connectivity index (χ1n) is 6.41. The molecule has 18 heavy (non-hydrogen) atoms. The number of carbonyl (C=O) groups is 1. The van der Waals surface area contributed by atoms with Gasteiger partial charge in [-0.15, -0.1) is 18.3 Å². The molecule has 1 unspecified atom stereocenters. The van der Waals surface area contributed by atoms with Crippen LogP contribution in [0, 0.1) is 0 Å². The zero-order chi connectivity index (χ0) is 13.1. The van der Waals surface area contributed by atoms with Gasteiger partial charge >= 0.3 is 5.97 Å². The molecule has 2 heterocycles. The van der Waals surface area contributed by atoms with E-state index in [2.05, 4.69) is 6.58 Å². The highest BCUT2D eigenvalue weighted by molar-refractivity contribution is 8.01. The van der Waals surface area contributed by atoms with Gasteiger partial charge in [-0.1, -0.05) is 6.08 Å². The van der Waals surface area contributed by atoms with Gasteiger partial charge in [-0.2, -0.15) is 0 Å². The first kappa shape index (κ1) is 13.9. The van der Waals surface area contributed by atoms with E-state index in [1.807, 2.05) is 6.92 Å². The second-order valence-corrected chi connectivity index (χ2v) is 5.84. The summed E-state index contributed by atoms with van der Waals surface area (Å²) in [5, 5.41) is 0. The molecule has 2 aliphatic heterocycles. The molecule has 0 aromatic carbocycles. The van der Waals surface area contributed by atoms with E-state index >= 15 is 0 Å². The van der Waals surface area contributed by atoms with Crippen LogP contribution in [0.25, 0.3) is 0 Å². The van der Waals surface area contributed by atoms with Gasteiger partial charge < -0.3 is 14.2 Å². The summed E-state index contributed by atoms with van der Waals surface area (Å²) in [5.41, 5.74) is 0. The Labute approximate surface area is 112 Å². The van der Waals surface area contributed by atoms with Crippen LogP contribution in [0.1, 0.15) is 26.2 Å². The van der Waals surface area contributed by atoms with Crippen molar-refractivity contribution in [2.45, 2.75) is 36.7 Å².